The second kappa shape index (κ2) is 14.1. The molecule has 2 N–H and O–H groups in total. The number of anilines is 1. The lowest BCUT2D eigenvalue weighted by atomic mass is 9.97. The highest BCUT2D eigenvalue weighted by atomic mass is 19.4. The van der Waals surface area contributed by atoms with Gasteiger partial charge < -0.3 is 20.3 Å². The van der Waals surface area contributed by atoms with Gasteiger partial charge in [-0.1, -0.05) is 72.8 Å². The maximum atomic E-state index is 13.8. The number of fused-ring (bicyclic) bond motifs is 1. The lowest BCUT2D eigenvalue weighted by molar-refractivity contribution is -0.137. The Bertz CT molecular complexity index is 2000. The summed E-state index contributed by atoms with van der Waals surface area (Å²) in [7, 11) is 1.57. The molecule has 0 saturated heterocycles. The van der Waals surface area contributed by atoms with Crippen molar-refractivity contribution < 1.29 is 32.3 Å². The molecule has 7 nitrogen and oxygen atoms in total. The standard InChI is InChI=1S/C39H32F3N3O4/c1-49-31-11-7-8-25(22-31)24-43-37(47)35(27-9-3-2-4-10-27)44-36(46)29-16-19-34-28(23-29)20-21-45(34)38(48)33-13-6-5-12-32(33)26-14-17-30(18-15-26)39(40,41)42/h2-19,22-23,35H,20-21,24H2,1H3,(H,43,47)(H,44,46). The zero-order chi connectivity index (χ0) is 34.5. The molecule has 1 aliphatic rings. The van der Waals surface area contributed by atoms with Crippen molar-refractivity contribution in [2.24, 2.45) is 0 Å². The van der Waals surface area contributed by atoms with Crippen molar-refractivity contribution in [2.45, 2.75) is 25.2 Å². The monoisotopic (exact) mass is 663 g/mol. The van der Waals surface area contributed by atoms with Crippen molar-refractivity contribution in [1.29, 1.82) is 0 Å². The Morgan fingerprint density at radius 2 is 1.57 bits per heavy atom. The van der Waals surface area contributed by atoms with Crippen LogP contribution in [-0.2, 0) is 23.9 Å². The van der Waals surface area contributed by atoms with E-state index >= 15 is 0 Å². The number of carbonyl (C=O) groups excluding carboxylic acids is 3. The van der Waals surface area contributed by atoms with Crippen LogP contribution in [0, 0.1) is 0 Å². The molecule has 0 fully saturated rings. The summed E-state index contributed by atoms with van der Waals surface area (Å²) >= 11 is 0. The van der Waals surface area contributed by atoms with Crippen molar-refractivity contribution in [1.82, 2.24) is 10.6 Å². The number of carbonyl (C=O) groups is 3. The predicted octanol–water partition coefficient (Wildman–Crippen LogP) is 7.37. The Kier molecular flexibility index (Phi) is 9.48. The maximum Gasteiger partial charge on any atom is 0.416 e. The molecule has 0 saturated carbocycles. The fraction of sp³-hybridized carbons (Fsp3) is 0.154. The van der Waals surface area contributed by atoms with Gasteiger partial charge in [-0.25, -0.2) is 0 Å². The summed E-state index contributed by atoms with van der Waals surface area (Å²) < 4.78 is 44.7. The molecule has 6 rings (SSSR count). The second-order valence-electron chi connectivity index (χ2n) is 11.6. The molecule has 1 heterocycles. The van der Waals surface area contributed by atoms with E-state index in [9.17, 15) is 27.6 Å². The number of nitrogens with zero attached hydrogens (tertiary/aromatic N) is 1. The molecule has 0 radical (unpaired) electrons. The third-order valence-corrected chi connectivity index (χ3v) is 8.43. The number of benzene rings is 5. The largest absolute Gasteiger partial charge is 0.497 e. The Balaban J connectivity index is 1.19. The highest BCUT2D eigenvalue weighted by molar-refractivity contribution is 6.11. The van der Waals surface area contributed by atoms with Crippen LogP contribution < -0.4 is 20.3 Å². The Morgan fingerprint density at radius 1 is 0.837 bits per heavy atom. The van der Waals surface area contributed by atoms with Gasteiger partial charge in [0.15, 0.2) is 0 Å². The number of alkyl halides is 3. The highest BCUT2D eigenvalue weighted by Gasteiger charge is 2.31. The molecule has 1 unspecified atom stereocenters. The Morgan fingerprint density at radius 3 is 2.31 bits per heavy atom. The molecule has 1 atom stereocenters. The van der Waals surface area contributed by atoms with E-state index < -0.39 is 23.7 Å². The van der Waals surface area contributed by atoms with Crippen molar-refractivity contribution in [3.8, 4) is 16.9 Å². The highest BCUT2D eigenvalue weighted by Crippen LogP contribution is 2.35. The summed E-state index contributed by atoms with van der Waals surface area (Å²) in [6.07, 6.45) is -3.97. The fourth-order valence-electron chi connectivity index (χ4n) is 5.89. The van der Waals surface area contributed by atoms with E-state index in [0.717, 1.165) is 23.3 Å². The van der Waals surface area contributed by atoms with Gasteiger partial charge in [-0.2, -0.15) is 13.2 Å². The van der Waals surface area contributed by atoms with Crippen LogP contribution >= 0.6 is 0 Å². The third kappa shape index (κ3) is 7.33. The number of methoxy groups -OCH3 is 1. The van der Waals surface area contributed by atoms with Crippen LogP contribution in [0.3, 0.4) is 0 Å². The normalized spacial score (nSPS) is 12.9. The van der Waals surface area contributed by atoms with Gasteiger partial charge in [0, 0.05) is 29.9 Å². The number of halogens is 3. The molecule has 0 spiro atoms. The van der Waals surface area contributed by atoms with Crippen molar-refractivity contribution in [3.05, 3.63) is 155 Å². The minimum absolute atomic E-state index is 0.236. The number of ether oxygens (including phenoxy) is 1. The summed E-state index contributed by atoms with van der Waals surface area (Å²) in [6, 6.07) is 31.9. The van der Waals surface area contributed by atoms with Crippen molar-refractivity contribution in [3.63, 3.8) is 0 Å². The topological polar surface area (TPSA) is 87.7 Å². The quantitative estimate of drug-likeness (QED) is 0.172. The van der Waals surface area contributed by atoms with Crippen LogP contribution in [0.15, 0.2) is 121 Å². The average molecular weight is 664 g/mol. The fourth-order valence-corrected chi connectivity index (χ4v) is 5.89. The molecule has 0 bridgehead atoms. The lowest BCUT2D eigenvalue weighted by Crippen LogP contribution is -2.40. The number of nitrogens with one attached hydrogen (secondary N) is 2. The smallest absolute Gasteiger partial charge is 0.416 e. The van der Waals surface area contributed by atoms with Crippen LogP contribution in [-0.4, -0.2) is 31.4 Å². The zero-order valence-electron chi connectivity index (χ0n) is 26.5. The van der Waals surface area contributed by atoms with Gasteiger partial charge in [0.05, 0.1) is 12.7 Å². The molecule has 0 aliphatic carbocycles. The lowest BCUT2D eigenvalue weighted by Gasteiger charge is -2.21. The molecular weight excluding hydrogens is 631 g/mol. The number of hydrogen-bond donors (Lipinski definition) is 2. The van der Waals surface area contributed by atoms with E-state index in [1.54, 1.807) is 78.7 Å². The minimum Gasteiger partial charge on any atom is -0.497 e. The van der Waals surface area contributed by atoms with Crippen LogP contribution in [0.4, 0.5) is 18.9 Å². The van der Waals surface area contributed by atoms with E-state index in [0.29, 0.717) is 52.2 Å². The molecular formula is C39H32F3N3O4. The molecule has 0 aromatic heterocycles. The number of hydrogen-bond acceptors (Lipinski definition) is 4. The summed E-state index contributed by atoms with van der Waals surface area (Å²) in [6.45, 7) is 0.597. The van der Waals surface area contributed by atoms with E-state index in [1.165, 1.54) is 12.1 Å². The first-order valence-corrected chi connectivity index (χ1v) is 15.6. The van der Waals surface area contributed by atoms with Gasteiger partial charge in [0.25, 0.3) is 11.8 Å². The second-order valence-corrected chi connectivity index (χ2v) is 11.6. The average Bonchev–Trinajstić information content (AvgIpc) is 3.56. The number of rotatable bonds is 9. The van der Waals surface area contributed by atoms with Crippen molar-refractivity contribution >= 4 is 23.4 Å². The molecule has 10 heteroatoms. The molecule has 248 valence electrons. The van der Waals surface area contributed by atoms with Crippen LogP contribution in [0.5, 0.6) is 5.75 Å². The predicted molar refractivity (Wildman–Crippen MR) is 180 cm³/mol. The van der Waals surface area contributed by atoms with Crippen LogP contribution in [0.25, 0.3) is 11.1 Å². The molecule has 5 aromatic carbocycles. The van der Waals surface area contributed by atoms with Crippen LogP contribution in [0.1, 0.15) is 49.0 Å². The van der Waals surface area contributed by atoms with Gasteiger partial charge in [0.1, 0.15) is 11.8 Å². The van der Waals surface area contributed by atoms with Gasteiger partial charge >= 0.3 is 6.18 Å². The summed E-state index contributed by atoms with van der Waals surface area (Å²) in [5.74, 6) is -0.471. The van der Waals surface area contributed by atoms with E-state index in [1.807, 2.05) is 30.3 Å². The summed E-state index contributed by atoms with van der Waals surface area (Å²) in [5.41, 5.74) is 3.80. The Labute approximate surface area is 281 Å². The van der Waals surface area contributed by atoms with Gasteiger partial charge in [-0.3, -0.25) is 14.4 Å². The third-order valence-electron chi connectivity index (χ3n) is 8.43. The summed E-state index contributed by atoms with van der Waals surface area (Å²) in [4.78, 5) is 42.4. The molecule has 49 heavy (non-hydrogen) atoms. The maximum absolute atomic E-state index is 13.8. The minimum atomic E-state index is -4.46. The molecule has 3 amide bonds. The molecule has 5 aromatic rings. The first kappa shape index (κ1) is 33.0. The SMILES string of the molecule is COc1cccc(CNC(=O)C(NC(=O)c2ccc3c(c2)CCN3C(=O)c2ccccc2-c2ccc(C(F)(F)F)cc2)c2ccccc2)c1. The van der Waals surface area contributed by atoms with Gasteiger partial charge in [-0.15, -0.1) is 0 Å². The van der Waals surface area contributed by atoms with Gasteiger partial charge in [-0.05, 0) is 82.8 Å². The summed E-state index contributed by atoms with van der Waals surface area (Å²) in [5, 5.41) is 5.77. The van der Waals surface area contributed by atoms with Gasteiger partial charge in [0.2, 0.25) is 5.91 Å². The first-order chi connectivity index (χ1) is 23.6. The van der Waals surface area contributed by atoms with E-state index in [2.05, 4.69) is 10.6 Å². The van der Waals surface area contributed by atoms with Crippen molar-refractivity contribution in [2.75, 3.05) is 18.6 Å². The van der Waals surface area contributed by atoms with Crippen LogP contribution in [0.2, 0.25) is 0 Å². The number of amides is 3. The Hall–Kier alpha value is -5.90. The van der Waals surface area contributed by atoms with E-state index in [-0.39, 0.29) is 18.4 Å². The molecule has 1 aliphatic heterocycles. The first-order valence-electron chi connectivity index (χ1n) is 15.6. The van der Waals surface area contributed by atoms with E-state index in [4.69, 9.17) is 4.74 Å². The zero-order valence-corrected chi connectivity index (χ0v) is 26.5.